The summed E-state index contributed by atoms with van der Waals surface area (Å²) in [6.45, 7) is 0. The number of halogens is 2. The number of carboxylic acid groups (broad SMARTS) is 1. The second-order valence-electron chi connectivity index (χ2n) is 3.45. The van der Waals surface area contributed by atoms with Crippen molar-refractivity contribution in [3.8, 4) is 0 Å². The Morgan fingerprint density at radius 2 is 2.17 bits per heavy atom. The van der Waals surface area contributed by atoms with Gasteiger partial charge in [0.25, 0.3) is 0 Å². The van der Waals surface area contributed by atoms with Crippen LogP contribution in [0.1, 0.15) is 16.1 Å². The summed E-state index contributed by atoms with van der Waals surface area (Å²) in [7, 11) is 0. The molecule has 0 unspecified atom stereocenters. The molecule has 2 aromatic rings. The minimum Gasteiger partial charge on any atom is -0.475 e. The van der Waals surface area contributed by atoms with Crippen LogP contribution in [0.3, 0.4) is 0 Å². The van der Waals surface area contributed by atoms with E-state index in [0.717, 1.165) is 10.0 Å². The Hall–Kier alpha value is -1.27. The molecule has 0 saturated carbocycles. The van der Waals surface area contributed by atoms with Gasteiger partial charge in [0.2, 0.25) is 5.76 Å². The predicted octanol–water partition coefficient (Wildman–Crippen LogP) is 4.17. The van der Waals surface area contributed by atoms with Crippen LogP contribution < -0.4 is 0 Å². The molecular formula is C12H8BrFO3S. The molecule has 0 radical (unpaired) electrons. The molecule has 0 spiro atoms. The van der Waals surface area contributed by atoms with Crippen LogP contribution in [-0.2, 0) is 5.75 Å². The molecule has 1 heterocycles. The largest absolute Gasteiger partial charge is 0.475 e. The van der Waals surface area contributed by atoms with E-state index in [1.807, 2.05) is 0 Å². The van der Waals surface area contributed by atoms with Crippen LogP contribution in [0.5, 0.6) is 0 Å². The van der Waals surface area contributed by atoms with Crippen molar-refractivity contribution in [3.05, 3.63) is 51.9 Å². The van der Waals surface area contributed by atoms with Gasteiger partial charge in [0, 0.05) is 10.2 Å². The maximum atomic E-state index is 13.1. The van der Waals surface area contributed by atoms with E-state index in [-0.39, 0.29) is 11.6 Å². The van der Waals surface area contributed by atoms with Gasteiger partial charge in [-0.15, -0.1) is 0 Å². The second-order valence-corrected chi connectivity index (χ2v) is 5.28. The van der Waals surface area contributed by atoms with Gasteiger partial charge in [-0.2, -0.15) is 0 Å². The first-order chi connectivity index (χ1) is 8.56. The molecular weight excluding hydrogens is 323 g/mol. The fraction of sp³-hybridized carbons (Fsp3) is 0.0833. The van der Waals surface area contributed by atoms with Crippen molar-refractivity contribution in [2.45, 2.75) is 10.8 Å². The number of furan rings is 1. The maximum absolute atomic E-state index is 13.1. The van der Waals surface area contributed by atoms with E-state index in [4.69, 9.17) is 9.52 Å². The van der Waals surface area contributed by atoms with Crippen LogP contribution in [0.4, 0.5) is 4.39 Å². The lowest BCUT2D eigenvalue weighted by atomic mass is 10.2. The average Bonchev–Trinajstić information content (AvgIpc) is 2.79. The van der Waals surface area contributed by atoms with Gasteiger partial charge in [-0.3, -0.25) is 0 Å². The summed E-state index contributed by atoms with van der Waals surface area (Å²) in [6, 6.07) is 7.41. The zero-order chi connectivity index (χ0) is 13.1. The van der Waals surface area contributed by atoms with Crippen LogP contribution in [0.2, 0.25) is 0 Å². The molecule has 0 atom stereocenters. The van der Waals surface area contributed by atoms with Gasteiger partial charge in [0.05, 0.1) is 0 Å². The lowest BCUT2D eigenvalue weighted by Gasteiger charge is -2.02. The van der Waals surface area contributed by atoms with Crippen molar-refractivity contribution >= 4 is 33.7 Å². The number of benzene rings is 1. The van der Waals surface area contributed by atoms with E-state index >= 15 is 0 Å². The summed E-state index contributed by atoms with van der Waals surface area (Å²) in [4.78, 5) is 10.6. The van der Waals surface area contributed by atoms with Crippen LogP contribution in [0.25, 0.3) is 0 Å². The molecule has 0 amide bonds. The Morgan fingerprint density at radius 1 is 1.39 bits per heavy atom. The summed E-state index contributed by atoms with van der Waals surface area (Å²) in [6.07, 6.45) is 0. The monoisotopic (exact) mass is 330 g/mol. The minimum atomic E-state index is -1.10. The molecule has 1 aromatic heterocycles. The fourth-order valence-corrected chi connectivity index (χ4v) is 2.74. The lowest BCUT2D eigenvalue weighted by molar-refractivity contribution is 0.0656. The third-order valence-corrected chi connectivity index (χ3v) is 3.90. The molecule has 0 fully saturated rings. The number of hydrogen-bond donors (Lipinski definition) is 1. The number of carbonyl (C=O) groups is 1. The predicted molar refractivity (Wildman–Crippen MR) is 69.3 cm³/mol. The molecule has 0 aliphatic carbocycles. The highest BCUT2D eigenvalue weighted by Gasteiger charge is 2.10. The van der Waals surface area contributed by atoms with E-state index in [1.54, 1.807) is 12.1 Å². The highest BCUT2D eigenvalue weighted by Crippen LogP contribution is 2.28. The van der Waals surface area contributed by atoms with Crippen molar-refractivity contribution in [3.63, 3.8) is 0 Å². The lowest BCUT2D eigenvalue weighted by Crippen LogP contribution is -1.91. The van der Waals surface area contributed by atoms with Gasteiger partial charge in [-0.05, 0) is 35.9 Å². The first-order valence-corrected chi connectivity index (χ1v) is 6.74. The smallest absolute Gasteiger partial charge is 0.371 e. The van der Waals surface area contributed by atoms with Gasteiger partial charge in [-0.25, -0.2) is 9.18 Å². The van der Waals surface area contributed by atoms with E-state index in [1.165, 1.54) is 30.0 Å². The van der Waals surface area contributed by atoms with Crippen LogP contribution >= 0.6 is 27.7 Å². The molecule has 0 bridgehead atoms. The Kier molecular flexibility index (Phi) is 4.08. The van der Waals surface area contributed by atoms with Crippen molar-refractivity contribution in [2.75, 3.05) is 0 Å². The van der Waals surface area contributed by atoms with E-state index in [2.05, 4.69) is 15.9 Å². The van der Waals surface area contributed by atoms with Gasteiger partial charge in [-0.1, -0.05) is 27.7 Å². The molecule has 2 rings (SSSR count). The normalized spacial score (nSPS) is 10.6. The standard InChI is InChI=1S/C12H8BrFO3S/c13-9-2-1-8(14)5-7(9)6-18-11-4-3-10(17-11)12(15)16/h1-5H,6H2,(H,15,16). The molecule has 94 valence electrons. The van der Waals surface area contributed by atoms with Crippen LogP contribution in [-0.4, -0.2) is 11.1 Å². The molecule has 6 heteroatoms. The van der Waals surface area contributed by atoms with E-state index in [0.29, 0.717) is 10.8 Å². The Bertz CT molecular complexity index is 582. The van der Waals surface area contributed by atoms with Crippen molar-refractivity contribution in [1.82, 2.24) is 0 Å². The highest BCUT2D eigenvalue weighted by molar-refractivity contribution is 9.10. The molecule has 18 heavy (non-hydrogen) atoms. The third-order valence-electron chi connectivity index (χ3n) is 2.17. The third kappa shape index (κ3) is 3.14. The number of hydrogen-bond acceptors (Lipinski definition) is 3. The summed E-state index contributed by atoms with van der Waals surface area (Å²) in [5.41, 5.74) is 0.785. The van der Waals surface area contributed by atoms with Gasteiger partial charge in [0.1, 0.15) is 5.82 Å². The Balaban J connectivity index is 2.06. The van der Waals surface area contributed by atoms with Gasteiger partial charge in [0.15, 0.2) is 5.09 Å². The quantitative estimate of drug-likeness (QED) is 0.854. The van der Waals surface area contributed by atoms with Gasteiger partial charge < -0.3 is 9.52 Å². The Morgan fingerprint density at radius 3 is 2.83 bits per heavy atom. The zero-order valence-corrected chi connectivity index (χ0v) is 11.4. The van der Waals surface area contributed by atoms with Gasteiger partial charge >= 0.3 is 5.97 Å². The highest BCUT2D eigenvalue weighted by atomic mass is 79.9. The first kappa shape index (κ1) is 13.2. The van der Waals surface area contributed by atoms with E-state index in [9.17, 15) is 9.18 Å². The second kappa shape index (κ2) is 5.58. The molecule has 0 aliphatic heterocycles. The zero-order valence-electron chi connectivity index (χ0n) is 9.02. The maximum Gasteiger partial charge on any atom is 0.371 e. The van der Waals surface area contributed by atoms with Crippen LogP contribution in [0, 0.1) is 5.82 Å². The summed E-state index contributed by atoms with van der Waals surface area (Å²) < 4.78 is 18.9. The fourth-order valence-electron chi connectivity index (χ4n) is 1.32. The summed E-state index contributed by atoms with van der Waals surface area (Å²) in [5.74, 6) is -1.02. The molecule has 1 aromatic carbocycles. The first-order valence-electron chi connectivity index (χ1n) is 4.96. The topological polar surface area (TPSA) is 50.4 Å². The molecule has 1 N–H and O–H groups in total. The SMILES string of the molecule is O=C(O)c1ccc(SCc2cc(F)ccc2Br)o1. The molecule has 0 aliphatic rings. The number of aromatic carboxylic acids is 1. The van der Waals surface area contributed by atoms with Crippen molar-refractivity contribution in [2.24, 2.45) is 0 Å². The molecule has 3 nitrogen and oxygen atoms in total. The number of rotatable bonds is 4. The summed E-state index contributed by atoms with van der Waals surface area (Å²) >= 11 is 4.64. The van der Waals surface area contributed by atoms with Crippen molar-refractivity contribution in [1.29, 1.82) is 0 Å². The average molecular weight is 331 g/mol. The van der Waals surface area contributed by atoms with Crippen LogP contribution in [0.15, 0.2) is 44.3 Å². The van der Waals surface area contributed by atoms with E-state index < -0.39 is 5.97 Å². The Labute approximate surface area is 115 Å². The molecule has 0 saturated heterocycles. The number of carboxylic acids is 1. The van der Waals surface area contributed by atoms with Crippen molar-refractivity contribution < 1.29 is 18.7 Å². The number of thioether (sulfide) groups is 1. The summed E-state index contributed by atoms with van der Waals surface area (Å²) in [5, 5.41) is 9.19. The minimum absolute atomic E-state index is 0.101.